The van der Waals surface area contributed by atoms with Crippen molar-refractivity contribution in [2.45, 2.75) is 32.1 Å². The fourth-order valence-electron chi connectivity index (χ4n) is 2.46. The highest BCUT2D eigenvalue weighted by molar-refractivity contribution is 6.31. The predicted octanol–water partition coefficient (Wildman–Crippen LogP) is 1.55. The maximum absolute atomic E-state index is 9.58. The Labute approximate surface area is 119 Å². The number of rotatable bonds is 4. The molecule has 0 spiro atoms. The number of nitrogens with one attached hydrogen (secondary N) is 1. The first-order valence-corrected chi connectivity index (χ1v) is 7.04. The van der Waals surface area contributed by atoms with Crippen molar-refractivity contribution in [3.8, 4) is 0 Å². The lowest BCUT2D eigenvalue weighted by atomic mass is 10.1. The van der Waals surface area contributed by atoms with Crippen LogP contribution in [0.15, 0.2) is 18.2 Å². The summed E-state index contributed by atoms with van der Waals surface area (Å²) >= 11 is 6.32. The van der Waals surface area contributed by atoms with Gasteiger partial charge >= 0.3 is 0 Å². The standard InChI is InChI=1S/C14H21ClN2O2/c1-3-16-9(2)11-5-4-10(6-12(11)15)17-7-13(18)14(19)8-17/h4-6,9,13-14,16,18-19H,3,7-8H2,1-2H3. The molecule has 0 saturated carbocycles. The van der Waals surface area contributed by atoms with Gasteiger partial charge < -0.3 is 20.4 Å². The third-order valence-electron chi connectivity index (χ3n) is 3.59. The van der Waals surface area contributed by atoms with Crippen molar-refractivity contribution in [2.75, 3.05) is 24.5 Å². The molecular weight excluding hydrogens is 264 g/mol. The fourth-order valence-corrected chi connectivity index (χ4v) is 2.80. The average molecular weight is 285 g/mol. The molecule has 2 rings (SSSR count). The van der Waals surface area contributed by atoms with E-state index in [1.807, 2.05) is 23.1 Å². The lowest BCUT2D eigenvalue weighted by Crippen LogP contribution is -2.22. The average Bonchev–Trinajstić information content (AvgIpc) is 2.69. The van der Waals surface area contributed by atoms with Crippen molar-refractivity contribution in [3.05, 3.63) is 28.8 Å². The van der Waals surface area contributed by atoms with Gasteiger partial charge in [0.1, 0.15) is 0 Å². The van der Waals surface area contributed by atoms with E-state index in [1.54, 1.807) is 0 Å². The molecule has 0 aliphatic carbocycles. The summed E-state index contributed by atoms with van der Waals surface area (Å²) in [6.07, 6.45) is -1.36. The molecule has 3 N–H and O–H groups in total. The Balaban J connectivity index is 2.15. The number of hydrogen-bond acceptors (Lipinski definition) is 4. The maximum Gasteiger partial charge on any atom is 0.0990 e. The lowest BCUT2D eigenvalue weighted by molar-refractivity contribution is 0.0572. The van der Waals surface area contributed by atoms with Gasteiger partial charge in [-0.1, -0.05) is 24.6 Å². The molecule has 0 amide bonds. The van der Waals surface area contributed by atoms with Crippen LogP contribution in [0.5, 0.6) is 0 Å². The molecule has 1 aromatic rings. The Hall–Kier alpha value is -0.810. The van der Waals surface area contributed by atoms with Crippen LogP contribution in [0, 0.1) is 0 Å². The van der Waals surface area contributed by atoms with Crippen LogP contribution >= 0.6 is 11.6 Å². The van der Waals surface area contributed by atoms with Gasteiger partial charge in [0.05, 0.1) is 12.2 Å². The summed E-state index contributed by atoms with van der Waals surface area (Å²) < 4.78 is 0. The van der Waals surface area contributed by atoms with Crippen molar-refractivity contribution in [2.24, 2.45) is 0 Å². The number of β-amino-alcohol motifs (C(OH)–C–C–N with tert-alkyl or cyclic N) is 2. The van der Waals surface area contributed by atoms with Crippen LogP contribution in [0.25, 0.3) is 0 Å². The first-order valence-electron chi connectivity index (χ1n) is 6.66. The van der Waals surface area contributed by atoms with Crippen LogP contribution in [-0.4, -0.2) is 42.1 Å². The van der Waals surface area contributed by atoms with Crippen LogP contribution in [0.1, 0.15) is 25.5 Å². The predicted molar refractivity (Wildman–Crippen MR) is 77.8 cm³/mol. The second-order valence-corrected chi connectivity index (χ2v) is 5.43. The number of benzene rings is 1. The molecule has 1 heterocycles. The summed E-state index contributed by atoms with van der Waals surface area (Å²) in [5.74, 6) is 0. The zero-order valence-corrected chi connectivity index (χ0v) is 12.1. The Kier molecular flexibility index (Phi) is 4.68. The Morgan fingerprint density at radius 1 is 1.37 bits per heavy atom. The molecule has 1 fully saturated rings. The second kappa shape index (κ2) is 6.09. The number of aliphatic hydroxyl groups excluding tert-OH is 2. The van der Waals surface area contributed by atoms with Crippen molar-refractivity contribution in [1.82, 2.24) is 5.32 Å². The van der Waals surface area contributed by atoms with Crippen molar-refractivity contribution >= 4 is 17.3 Å². The van der Waals surface area contributed by atoms with Crippen molar-refractivity contribution < 1.29 is 10.2 Å². The number of nitrogens with zero attached hydrogens (tertiary/aromatic N) is 1. The molecule has 1 saturated heterocycles. The fraction of sp³-hybridized carbons (Fsp3) is 0.571. The lowest BCUT2D eigenvalue weighted by Gasteiger charge is -2.20. The summed E-state index contributed by atoms with van der Waals surface area (Å²) in [6, 6.07) is 6.10. The third-order valence-corrected chi connectivity index (χ3v) is 3.91. The Morgan fingerprint density at radius 3 is 2.53 bits per heavy atom. The molecular formula is C14H21ClN2O2. The van der Waals surface area contributed by atoms with Gasteiger partial charge in [-0.15, -0.1) is 0 Å². The molecule has 3 unspecified atom stereocenters. The van der Waals surface area contributed by atoms with E-state index < -0.39 is 12.2 Å². The molecule has 0 aromatic heterocycles. The van der Waals surface area contributed by atoms with Crippen LogP contribution in [0.3, 0.4) is 0 Å². The van der Waals surface area contributed by atoms with Crippen LogP contribution < -0.4 is 10.2 Å². The first-order chi connectivity index (χ1) is 9.02. The molecule has 1 aromatic carbocycles. The van der Waals surface area contributed by atoms with E-state index in [9.17, 15) is 10.2 Å². The van der Waals surface area contributed by atoms with Crippen LogP contribution in [0.2, 0.25) is 5.02 Å². The first kappa shape index (κ1) is 14.6. The number of hydrogen-bond donors (Lipinski definition) is 3. The van der Waals surface area contributed by atoms with Crippen LogP contribution in [0.4, 0.5) is 5.69 Å². The number of aliphatic hydroxyl groups is 2. The summed E-state index contributed by atoms with van der Waals surface area (Å²) in [5, 5.41) is 23.2. The highest BCUT2D eigenvalue weighted by Crippen LogP contribution is 2.29. The van der Waals surface area contributed by atoms with E-state index >= 15 is 0 Å². The van der Waals surface area contributed by atoms with Gasteiger partial charge in [0.2, 0.25) is 0 Å². The second-order valence-electron chi connectivity index (χ2n) is 5.02. The molecule has 3 atom stereocenters. The minimum Gasteiger partial charge on any atom is -0.389 e. The highest BCUT2D eigenvalue weighted by atomic mass is 35.5. The topological polar surface area (TPSA) is 55.7 Å². The van der Waals surface area contributed by atoms with E-state index in [0.717, 1.165) is 17.8 Å². The molecule has 1 aliphatic heterocycles. The zero-order valence-electron chi connectivity index (χ0n) is 11.3. The Bertz CT molecular complexity index is 431. The highest BCUT2D eigenvalue weighted by Gasteiger charge is 2.29. The van der Waals surface area contributed by atoms with Gasteiger partial charge in [-0.2, -0.15) is 0 Å². The normalized spacial score (nSPS) is 24.8. The molecule has 1 aliphatic rings. The van der Waals surface area contributed by atoms with Crippen molar-refractivity contribution in [3.63, 3.8) is 0 Å². The quantitative estimate of drug-likeness (QED) is 0.785. The maximum atomic E-state index is 9.58. The van der Waals surface area contributed by atoms with Gasteiger partial charge in [-0.3, -0.25) is 0 Å². The SMILES string of the molecule is CCNC(C)c1ccc(N2CC(O)C(O)C2)cc1Cl. The molecule has 0 bridgehead atoms. The third kappa shape index (κ3) is 3.20. The van der Waals surface area contributed by atoms with E-state index in [1.165, 1.54) is 0 Å². The van der Waals surface area contributed by atoms with Gasteiger partial charge in [-0.05, 0) is 31.2 Å². The summed E-state index contributed by atoms with van der Waals surface area (Å²) in [7, 11) is 0. The van der Waals surface area contributed by atoms with Gasteiger partial charge in [0.25, 0.3) is 0 Å². The van der Waals surface area contributed by atoms with E-state index in [0.29, 0.717) is 18.1 Å². The largest absolute Gasteiger partial charge is 0.389 e. The minimum absolute atomic E-state index is 0.210. The molecule has 19 heavy (non-hydrogen) atoms. The van der Waals surface area contributed by atoms with E-state index in [4.69, 9.17) is 11.6 Å². The van der Waals surface area contributed by atoms with Gasteiger partial charge in [0.15, 0.2) is 0 Å². The molecule has 5 heteroatoms. The van der Waals surface area contributed by atoms with Crippen LogP contribution in [-0.2, 0) is 0 Å². The smallest absolute Gasteiger partial charge is 0.0990 e. The Morgan fingerprint density at radius 2 is 2.00 bits per heavy atom. The monoisotopic (exact) mass is 284 g/mol. The minimum atomic E-state index is -0.681. The summed E-state index contributed by atoms with van der Waals surface area (Å²) in [5.41, 5.74) is 2.00. The van der Waals surface area contributed by atoms with E-state index in [-0.39, 0.29) is 6.04 Å². The molecule has 106 valence electrons. The summed E-state index contributed by atoms with van der Waals surface area (Å²) in [6.45, 7) is 5.92. The van der Waals surface area contributed by atoms with Crippen molar-refractivity contribution in [1.29, 1.82) is 0 Å². The van der Waals surface area contributed by atoms with Gasteiger partial charge in [-0.25, -0.2) is 0 Å². The summed E-state index contributed by atoms with van der Waals surface area (Å²) in [4.78, 5) is 1.95. The molecule has 0 radical (unpaired) electrons. The van der Waals surface area contributed by atoms with E-state index in [2.05, 4.69) is 19.2 Å². The van der Waals surface area contributed by atoms with Gasteiger partial charge in [0, 0.05) is 29.8 Å². The zero-order chi connectivity index (χ0) is 14.0. The number of halogens is 1. The molecule has 4 nitrogen and oxygen atoms in total. The number of anilines is 1.